The fourth-order valence-electron chi connectivity index (χ4n) is 5.39. The third-order valence-corrected chi connectivity index (χ3v) is 6.32. The molecule has 3 heterocycles. The van der Waals surface area contributed by atoms with Crippen molar-refractivity contribution >= 4 is 22.1 Å². The van der Waals surface area contributed by atoms with Crippen LogP contribution < -0.4 is 11.1 Å². The molecule has 0 saturated heterocycles. The van der Waals surface area contributed by atoms with Gasteiger partial charge in [-0.25, -0.2) is 18.7 Å². The van der Waals surface area contributed by atoms with Crippen molar-refractivity contribution in [3.05, 3.63) is 24.3 Å². The van der Waals surface area contributed by atoms with E-state index in [2.05, 4.69) is 19.9 Å². The van der Waals surface area contributed by atoms with Gasteiger partial charge in [-0.05, 0) is 43.7 Å². The number of aromatic nitrogens is 4. The molecule has 3 aromatic rings. The number of pyridine rings is 1. The molecule has 0 aliphatic heterocycles. The Hall–Kier alpha value is -2.06. The van der Waals surface area contributed by atoms with E-state index in [4.69, 9.17) is 10.7 Å². The molecule has 5 rings (SSSR count). The summed E-state index contributed by atoms with van der Waals surface area (Å²) < 4.78 is 27.8. The SMILES string of the molecule is NCCc1nc2cnc3[nH]ccc3c2n1C1CC2CC(NCC(F)F)C1C2. The van der Waals surface area contributed by atoms with Gasteiger partial charge in [-0.2, -0.15) is 0 Å². The highest BCUT2D eigenvalue weighted by molar-refractivity contribution is 6.01. The fraction of sp³-hybridized carbons (Fsp3) is 0.579. The molecule has 0 spiro atoms. The zero-order chi connectivity index (χ0) is 18.5. The minimum atomic E-state index is -2.31. The summed E-state index contributed by atoms with van der Waals surface area (Å²) in [5.41, 5.74) is 8.67. The van der Waals surface area contributed by atoms with Crippen LogP contribution in [0.5, 0.6) is 0 Å². The Morgan fingerprint density at radius 3 is 3.00 bits per heavy atom. The second-order valence-electron chi connectivity index (χ2n) is 7.88. The standard InChI is InChI=1S/C19H24F2N6/c20-16(21)9-24-13-6-10-5-12(13)15(7-10)27-17(1-3-22)26-14-8-25-19-11(18(14)27)2-4-23-19/h2,4,8,10,12-13,15-16,24H,1,3,5-7,9,22H2,(H,23,25). The van der Waals surface area contributed by atoms with Gasteiger partial charge >= 0.3 is 0 Å². The Morgan fingerprint density at radius 2 is 2.22 bits per heavy atom. The van der Waals surface area contributed by atoms with Gasteiger partial charge in [0.1, 0.15) is 17.0 Å². The number of nitrogens with two attached hydrogens (primary N) is 1. The van der Waals surface area contributed by atoms with Crippen molar-refractivity contribution < 1.29 is 8.78 Å². The average Bonchev–Trinajstić information content (AvgIpc) is 3.40. The van der Waals surface area contributed by atoms with Crippen molar-refractivity contribution in [3.63, 3.8) is 0 Å². The highest BCUT2D eigenvalue weighted by atomic mass is 19.3. The quantitative estimate of drug-likeness (QED) is 0.619. The molecule has 4 unspecified atom stereocenters. The van der Waals surface area contributed by atoms with Crippen molar-refractivity contribution in [1.82, 2.24) is 24.8 Å². The highest BCUT2D eigenvalue weighted by Gasteiger charge is 2.47. The third-order valence-electron chi connectivity index (χ3n) is 6.32. The maximum Gasteiger partial charge on any atom is 0.250 e. The van der Waals surface area contributed by atoms with Crippen LogP contribution in [0.15, 0.2) is 18.5 Å². The van der Waals surface area contributed by atoms with E-state index >= 15 is 0 Å². The van der Waals surface area contributed by atoms with Crippen molar-refractivity contribution in [1.29, 1.82) is 0 Å². The molecular formula is C19H24F2N6. The normalized spacial score (nSPS) is 27.6. The van der Waals surface area contributed by atoms with Crippen LogP contribution in [0.4, 0.5) is 8.78 Å². The summed E-state index contributed by atoms with van der Waals surface area (Å²) in [4.78, 5) is 12.5. The van der Waals surface area contributed by atoms with E-state index in [-0.39, 0.29) is 18.6 Å². The van der Waals surface area contributed by atoms with Crippen molar-refractivity contribution in [2.75, 3.05) is 13.1 Å². The van der Waals surface area contributed by atoms with Gasteiger partial charge in [0, 0.05) is 30.1 Å². The first kappa shape index (κ1) is 17.1. The molecular weight excluding hydrogens is 350 g/mol. The van der Waals surface area contributed by atoms with E-state index in [0.717, 1.165) is 47.2 Å². The Bertz CT molecular complexity index is 964. The lowest BCUT2D eigenvalue weighted by molar-refractivity contribution is 0.132. The fourth-order valence-corrected chi connectivity index (χ4v) is 5.39. The largest absolute Gasteiger partial charge is 0.346 e. The van der Waals surface area contributed by atoms with E-state index < -0.39 is 6.43 Å². The monoisotopic (exact) mass is 374 g/mol. The van der Waals surface area contributed by atoms with E-state index in [9.17, 15) is 8.78 Å². The third kappa shape index (κ3) is 2.73. The number of nitrogens with zero attached hydrogens (tertiary/aromatic N) is 3. The van der Waals surface area contributed by atoms with Crippen molar-refractivity contribution in [2.45, 2.75) is 44.2 Å². The molecule has 6 nitrogen and oxygen atoms in total. The molecule has 2 aliphatic carbocycles. The Kier molecular flexibility index (Phi) is 4.12. The molecule has 27 heavy (non-hydrogen) atoms. The van der Waals surface area contributed by atoms with Gasteiger partial charge in [0.25, 0.3) is 6.43 Å². The van der Waals surface area contributed by atoms with Gasteiger partial charge in [-0.1, -0.05) is 0 Å². The van der Waals surface area contributed by atoms with Crippen LogP contribution in [0.3, 0.4) is 0 Å². The summed E-state index contributed by atoms with van der Waals surface area (Å²) >= 11 is 0. The molecule has 8 heteroatoms. The van der Waals surface area contributed by atoms with Crippen LogP contribution in [0, 0.1) is 11.8 Å². The molecule has 0 radical (unpaired) electrons. The van der Waals surface area contributed by atoms with Crippen LogP contribution in [0.1, 0.15) is 31.1 Å². The molecule has 2 aliphatic rings. The summed E-state index contributed by atoms with van der Waals surface area (Å²) in [5.74, 6) is 1.92. The van der Waals surface area contributed by atoms with Crippen LogP contribution in [0.2, 0.25) is 0 Å². The molecule has 0 amide bonds. The summed E-state index contributed by atoms with van der Waals surface area (Å²) in [6.07, 6.45) is 5.26. The number of aromatic amines is 1. The van der Waals surface area contributed by atoms with Gasteiger partial charge in [0.05, 0.1) is 18.3 Å². The van der Waals surface area contributed by atoms with Crippen LogP contribution in [-0.4, -0.2) is 45.1 Å². The Morgan fingerprint density at radius 1 is 1.33 bits per heavy atom. The smallest absolute Gasteiger partial charge is 0.250 e. The maximum atomic E-state index is 12.7. The van der Waals surface area contributed by atoms with Gasteiger partial charge in [0.2, 0.25) is 0 Å². The van der Waals surface area contributed by atoms with Gasteiger partial charge in [-0.3, -0.25) is 0 Å². The van der Waals surface area contributed by atoms with E-state index in [1.165, 1.54) is 0 Å². The Labute approximate surface area is 155 Å². The molecule has 2 bridgehead atoms. The number of rotatable bonds is 6. The average molecular weight is 374 g/mol. The minimum absolute atomic E-state index is 0.148. The molecule has 144 valence electrons. The summed E-state index contributed by atoms with van der Waals surface area (Å²) in [5, 5.41) is 4.17. The maximum absolute atomic E-state index is 12.7. The molecule has 2 fully saturated rings. The molecule has 2 saturated carbocycles. The van der Waals surface area contributed by atoms with Crippen LogP contribution in [-0.2, 0) is 6.42 Å². The lowest BCUT2D eigenvalue weighted by Gasteiger charge is -2.32. The molecule has 4 atom stereocenters. The van der Waals surface area contributed by atoms with E-state index in [1.807, 2.05) is 18.5 Å². The second kappa shape index (κ2) is 6.53. The minimum Gasteiger partial charge on any atom is -0.346 e. The molecule has 3 aromatic heterocycles. The zero-order valence-electron chi connectivity index (χ0n) is 15.0. The summed E-state index contributed by atoms with van der Waals surface area (Å²) in [6, 6.07) is 2.45. The number of hydrogen-bond donors (Lipinski definition) is 3. The van der Waals surface area contributed by atoms with Crippen LogP contribution >= 0.6 is 0 Å². The first-order chi connectivity index (χ1) is 13.2. The van der Waals surface area contributed by atoms with Gasteiger partial charge in [0.15, 0.2) is 0 Å². The molecule has 0 aromatic carbocycles. The first-order valence-corrected chi connectivity index (χ1v) is 9.70. The number of H-pyrrole nitrogens is 1. The van der Waals surface area contributed by atoms with Gasteiger partial charge < -0.3 is 20.6 Å². The van der Waals surface area contributed by atoms with Crippen molar-refractivity contribution in [3.8, 4) is 0 Å². The number of alkyl halides is 2. The zero-order valence-corrected chi connectivity index (χ0v) is 15.0. The number of fused-ring (bicyclic) bond motifs is 5. The number of nitrogens with one attached hydrogen (secondary N) is 2. The predicted octanol–water partition coefficient (Wildman–Crippen LogP) is 2.61. The van der Waals surface area contributed by atoms with Crippen LogP contribution in [0.25, 0.3) is 22.1 Å². The number of halogens is 2. The lowest BCUT2D eigenvalue weighted by Crippen LogP contribution is -2.40. The number of imidazole rings is 1. The topological polar surface area (TPSA) is 84.6 Å². The predicted molar refractivity (Wildman–Crippen MR) is 99.8 cm³/mol. The van der Waals surface area contributed by atoms with E-state index in [0.29, 0.717) is 24.8 Å². The highest BCUT2D eigenvalue weighted by Crippen LogP contribution is 2.52. The second-order valence-corrected chi connectivity index (χ2v) is 7.88. The molecule has 4 N–H and O–H groups in total. The van der Waals surface area contributed by atoms with Crippen molar-refractivity contribution in [2.24, 2.45) is 17.6 Å². The summed E-state index contributed by atoms with van der Waals surface area (Å²) in [7, 11) is 0. The number of hydrogen-bond acceptors (Lipinski definition) is 4. The first-order valence-electron chi connectivity index (χ1n) is 9.70. The summed E-state index contributed by atoms with van der Waals surface area (Å²) in [6.45, 7) is 0.299. The lowest BCUT2D eigenvalue weighted by atomic mass is 9.90. The van der Waals surface area contributed by atoms with E-state index in [1.54, 1.807) is 0 Å². The van der Waals surface area contributed by atoms with Gasteiger partial charge in [-0.15, -0.1) is 0 Å². The Balaban J connectivity index is 1.59.